The van der Waals surface area contributed by atoms with Gasteiger partial charge in [-0.05, 0) is 39.8 Å². The molecule has 0 spiro atoms. The van der Waals surface area contributed by atoms with E-state index in [9.17, 15) is 9.59 Å². The Kier molecular flexibility index (Phi) is 6.69. The lowest BCUT2D eigenvalue weighted by molar-refractivity contribution is -0.132. The van der Waals surface area contributed by atoms with Crippen LogP contribution in [0.25, 0.3) is 5.69 Å². The van der Waals surface area contributed by atoms with E-state index < -0.39 is 0 Å². The molecule has 1 saturated heterocycles. The van der Waals surface area contributed by atoms with Crippen LogP contribution in [-0.4, -0.2) is 70.2 Å². The molecule has 1 N–H and O–H groups in total. The second kappa shape index (κ2) is 9.22. The highest BCUT2D eigenvalue weighted by molar-refractivity contribution is 5.80. The zero-order chi connectivity index (χ0) is 21.0. The van der Waals surface area contributed by atoms with Gasteiger partial charge in [0.15, 0.2) is 0 Å². The Morgan fingerprint density at radius 3 is 2.34 bits per heavy atom. The topological polar surface area (TPSA) is 70.5 Å². The predicted molar refractivity (Wildman–Crippen MR) is 113 cm³/mol. The highest BCUT2D eigenvalue weighted by Crippen LogP contribution is 2.19. The van der Waals surface area contributed by atoms with Crippen LogP contribution in [0.5, 0.6) is 0 Å². The zero-order valence-electron chi connectivity index (χ0n) is 17.8. The van der Waals surface area contributed by atoms with Crippen molar-refractivity contribution in [3.05, 3.63) is 47.3 Å². The number of benzene rings is 1. The summed E-state index contributed by atoms with van der Waals surface area (Å²) in [6.07, 6.45) is 0.359. The first-order chi connectivity index (χ1) is 13.8. The van der Waals surface area contributed by atoms with E-state index in [1.165, 1.54) is 0 Å². The monoisotopic (exact) mass is 397 g/mol. The molecule has 0 radical (unpaired) electrons. The van der Waals surface area contributed by atoms with E-state index in [-0.39, 0.29) is 17.9 Å². The van der Waals surface area contributed by atoms with Crippen molar-refractivity contribution in [3.63, 3.8) is 0 Å². The Labute approximate surface area is 172 Å². The first-order valence-electron chi connectivity index (χ1n) is 10.2. The number of hydrogen-bond donors (Lipinski definition) is 1. The van der Waals surface area contributed by atoms with E-state index in [1.54, 1.807) is 0 Å². The summed E-state index contributed by atoms with van der Waals surface area (Å²) >= 11 is 0. The van der Waals surface area contributed by atoms with E-state index >= 15 is 0 Å². The van der Waals surface area contributed by atoms with Crippen molar-refractivity contribution in [2.45, 2.75) is 40.2 Å². The quantitative estimate of drug-likeness (QED) is 0.806. The van der Waals surface area contributed by atoms with Gasteiger partial charge in [-0.3, -0.25) is 14.5 Å². The molecule has 2 heterocycles. The van der Waals surface area contributed by atoms with Crippen LogP contribution in [0.1, 0.15) is 30.8 Å². The number of aromatic nitrogens is 2. The third kappa shape index (κ3) is 5.23. The Balaban J connectivity index is 1.58. The van der Waals surface area contributed by atoms with Crippen molar-refractivity contribution in [1.29, 1.82) is 0 Å². The van der Waals surface area contributed by atoms with Gasteiger partial charge in [-0.15, -0.1) is 0 Å². The molecule has 7 heteroatoms. The smallest absolute Gasteiger partial charge is 0.234 e. The zero-order valence-corrected chi connectivity index (χ0v) is 17.8. The van der Waals surface area contributed by atoms with Crippen molar-refractivity contribution >= 4 is 11.8 Å². The average molecular weight is 398 g/mol. The van der Waals surface area contributed by atoms with Gasteiger partial charge in [-0.1, -0.05) is 18.2 Å². The lowest BCUT2D eigenvalue weighted by atomic mass is 10.1. The maximum atomic E-state index is 12.9. The summed E-state index contributed by atoms with van der Waals surface area (Å²) in [6, 6.07) is 10.1. The summed E-state index contributed by atoms with van der Waals surface area (Å²) in [6.45, 7) is 11.0. The summed E-state index contributed by atoms with van der Waals surface area (Å²) in [5, 5.41) is 7.55. The number of amides is 2. The number of para-hydroxylation sites is 1. The molecule has 0 saturated carbocycles. The van der Waals surface area contributed by atoms with Crippen molar-refractivity contribution in [2.24, 2.45) is 0 Å². The number of rotatable bonds is 6. The summed E-state index contributed by atoms with van der Waals surface area (Å²) in [5.41, 5.74) is 3.90. The van der Waals surface area contributed by atoms with Crippen LogP contribution in [0.3, 0.4) is 0 Å². The highest BCUT2D eigenvalue weighted by Gasteiger charge is 2.24. The summed E-state index contributed by atoms with van der Waals surface area (Å²) in [4.78, 5) is 28.8. The number of nitrogens with one attached hydrogen (secondary N) is 1. The molecule has 0 unspecified atom stereocenters. The fourth-order valence-electron chi connectivity index (χ4n) is 3.74. The van der Waals surface area contributed by atoms with Crippen LogP contribution in [0.2, 0.25) is 0 Å². The van der Waals surface area contributed by atoms with Crippen molar-refractivity contribution in [3.8, 4) is 5.69 Å². The molecule has 2 amide bonds. The van der Waals surface area contributed by atoms with Gasteiger partial charge < -0.3 is 10.2 Å². The fraction of sp³-hybridized carbons (Fsp3) is 0.500. The molecule has 2 aromatic rings. The molecule has 29 heavy (non-hydrogen) atoms. The van der Waals surface area contributed by atoms with Crippen molar-refractivity contribution in [1.82, 2.24) is 24.9 Å². The van der Waals surface area contributed by atoms with Crippen LogP contribution >= 0.6 is 0 Å². The second-order valence-corrected chi connectivity index (χ2v) is 7.95. The summed E-state index contributed by atoms with van der Waals surface area (Å²) < 4.78 is 1.91. The summed E-state index contributed by atoms with van der Waals surface area (Å²) in [7, 11) is 0. The largest absolute Gasteiger partial charge is 0.353 e. The van der Waals surface area contributed by atoms with Gasteiger partial charge >= 0.3 is 0 Å². The molecule has 156 valence electrons. The van der Waals surface area contributed by atoms with E-state index in [1.807, 2.05) is 67.6 Å². The minimum absolute atomic E-state index is 0.0411. The van der Waals surface area contributed by atoms with E-state index in [4.69, 9.17) is 0 Å². The average Bonchev–Trinajstić information content (AvgIpc) is 2.96. The van der Waals surface area contributed by atoms with Gasteiger partial charge in [0.25, 0.3) is 0 Å². The van der Waals surface area contributed by atoms with Crippen LogP contribution < -0.4 is 5.32 Å². The number of carbonyl (C=O) groups is 2. The Morgan fingerprint density at radius 1 is 1.07 bits per heavy atom. The molecule has 1 aromatic heterocycles. The number of aryl methyl sites for hydroxylation is 1. The SMILES string of the molecule is Cc1nn(-c2ccccc2)c(C)c1CC(=O)N1CCN(CC(=O)NC(C)C)CC1. The maximum absolute atomic E-state index is 12.9. The number of hydrogen-bond acceptors (Lipinski definition) is 4. The molecule has 1 fully saturated rings. The first kappa shape index (κ1) is 21.0. The van der Waals surface area contributed by atoms with Crippen molar-refractivity contribution < 1.29 is 9.59 Å². The lowest BCUT2D eigenvalue weighted by Gasteiger charge is -2.34. The normalized spacial score (nSPS) is 15.0. The second-order valence-electron chi connectivity index (χ2n) is 7.95. The molecule has 3 rings (SSSR count). The third-order valence-corrected chi connectivity index (χ3v) is 5.31. The minimum atomic E-state index is 0.0411. The summed E-state index contributed by atoms with van der Waals surface area (Å²) in [5.74, 6) is 0.162. The first-order valence-corrected chi connectivity index (χ1v) is 10.2. The highest BCUT2D eigenvalue weighted by atomic mass is 16.2. The molecule has 1 aromatic carbocycles. The van der Waals surface area contributed by atoms with Gasteiger partial charge in [-0.2, -0.15) is 5.10 Å². The molecule has 0 aliphatic carbocycles. The van der Waals surface area contributed by atoms with Crippen LogP contribution in [0, 0.1) is 13.8 Å². The Morgan fingerprint density at radius 2 is 1.72 bits per heavy atom. The Bertz CT molecular complexity index is 852. The van der Waals surface area contributed by atoms with E-state index in [0.717, 1.165) is 35.7 Å². The Hall–Kier alpha value is -2.67. The molecule has 1 aliphatic heterocycles. The van der Waals surface area contributed by atoms with E-state index in [0.29, 0.717) is 26.1 Å². The van der Waals surface area contributed by atoms with Crippen molar-refractivity contribution in [2.75, 3.05) is 32.7 Å². The van der Waals surface area contributed by atoms with Gasteiger partial charge in [0.05, 0.1) is 24.3 Å². The minimum Gasteiger partial charge on any atom is -0.353 e. The number of carbonyl (C=O) groups excluding carboxylic acids is 2. The molecular weight excluding hydrogens is 366 g/mol. The molecule has 7 nitrogen and oxygen atoms in total. The van der Waals surface area contributed by atoms with Gasteiger partial charge in [0.2, 0.25) is 11.8 Å². The molecule has 0 atom stereocenters. The predicted octanol–water partition coefficient (Wildman–Crippen LogP) is 1.70. The van der Waals surface area contributed by atoms with Crippen LogP contribution in [0.4, 0.5) is 0 Å². The lowest BCUT2D eigenvalue weighted by Crippen LogP contribution is -2.51. The maximum Gasteiger partial charge on any atom is 0.234 e. The van der Waals surface area contributed by atoms with Crippen LogP contribution in [0.15, 0.2) is 30.3 Å². The van der Waals surface area contributed by atoms with Gasteiger partial charge in [0, 0.05) is 43.5 Å². The van der Waals surface area contributed by atoms with Gasteiger partial charge in [0.1, 0.15) is 0 Å². The third-order valence-electron chi connectivity index (χ3n) is 5.31. The molecule has 0 bridgehead atoms. The van der Waals surface area contributed by atoms with E-state index in [2.05, 4.69) is 15.3 Å². The van der Waals surface area contributed by atoms with Gasteiger partial charge in [-0.25, -0.2) is 4.68 Å². The number of piperazine rings is 1. The standard InChI is InChI=1S/C22H31N5O2/c1-16(2)23-21(28)15-25-10-12-26(13-11-25)22(29)14-20-17(3)24-27(18(20)4)19-8-6-5-7-9-19/h5-9,16H,10-15H2,1-4H3,(H,23,28). The fourth-order valence-corrected chi connectivity index (χ4v) is 3.74. The molecular formula is C22H31N5O2. The molecule has 1 aliphatic rings. The van der Waals surface area contributed by atoms with Crippen LogP contribution in [-0.2, 0) is 16.0 Å². The number of nitrogens with zero attached hydrogens (tertiary/aromatic N) is 4.